The van der Waals surface area contributed by atoms with E-state index in [0.29, 0.717) is 27.9 Å². The van der Waals surface area contributed by atoms with Gasteiger partial charge in [-0.3, -0.25) is 9.36 Å². The molecule has 0 unspecified atom stereocenters. The quantitative estimate of drug-likeness (QED) is 0.570. The van der Waals surface area contributed by atoms with Crippen molar-refractivity contribution in [2.75, 3.05) is 31.0 Å². The smallest absolute Gasteiger partial charge is 0.360 e. The Morgan fingerprint density at radius 2 is 1.65 bits per heavy atom. The van der Waals surface area contributed by atoms with E-state index in [-0.39, 0.29) is 5.91 Å². The highest BCUT2D eigenvalue weighted by molar-refractivity contribution is 7.62. The van der Waals surface area contributed by atoms with Crippen molar-refractivity contribution in [3.63, 3.8) is 0 Å². The lowest BCUT2D eigenvalue weighted by Gasteiger charge is -2.15. The number of carbonyl (C=O) groups excluding carboxylic acids is 1. The summed E-state index contributed by atoms with van der Waals surface area (Å²) in [7, 11) is -0.789. The standard InChI is InChI=1S/C15H18N3O4P/c1-21-23(20,22-2)14-5-3-4-13(9-14)18-15(19)10-6-11(16)8-12(17)7-10/h3-9H,16-17H2,1-2H3,(H,18,19). The Morgan fingerprint density at radius 3 is 2.22 bits per heavy atom. The maximum absolute atomic E-state index is 12.4. The molecule has 0 aliphatic carbocycles. The normalized spacial score (nSPS) is 11.2. The molecule has 23 heavy (non-hydrogen) atoms. The summed E-state index contributed by atoms with van der Waals surface area (Å²) >= 11 is 0. The molecule has 122 valence electrons. The number of rotatable bonds is 5. The number of nitrogens with two attached hydrogens (primary N) is 2. The van der Waals surface area contributed by atoms with E-state index < -0.39 is 7.60 Å². The number of nitrogens with one attached hydrogen (secondary N) is 1. The molecule has 0 saturated heterocycles. The minimum atomic E-state index is -3.38. The maximum Gasteiger partial charge on any atom is 0.360 e. The maximum atomic E-state index is 12.4. The molecular formula is C15H18N3O4P. The average Bonchev–Trinajstić information content (AvgIpc) is 2.53. The molecule has 8 heteroatoms. The van der Waals surface area contributed by atoms with Gasteiger partial charge in [0.1, 0.15) is 0 Å². The van der Waals surface area contributed by atoms with Gasteiger partial charge in [-0.15, -0.1) is 0 Å². The van der Waals surface area contributed by atoms with Crippen LogP contribution in [-0.4, -0.2) is 20.1 Å². The van der Waals surface area contributed by atoms with Crippen molar-refractivity contribution in [3.8, 4) is 0 Å². The van der Waals surface area contributed by atoms with Crippen LogP contribution >= 0.6 is 7.60 Å². The molecule has 0 bridgehead atoms. The van der Waals surface area contributed by atoms with Gasteiger partial charge >= 0.3 is 7.60 Å². The SMILES string of the molecule is COP(=O)(OC)c1cccc(NC(=O)c2cc(N)cc(N)c2)c1. The van der Waals surface area contributed by atoms with E-state index in [9.17, 15) is 9.36 Å². The van der Waals surface area contributed by atoms with E-state index in [2.05, 4.69) is 5.32 Å². The molecule has 2 rings (SSSR count). The Balaban J connectivity index is 2.27. The van der Waals surface area contributed by atoms with Gasteiger partial charge in [0.05, 0.1) is 5.30 Å². The van der Waals surface area contributed by atoms with Crippen molar-refractivity contribution >= 4 is 35.9 Å². The first-order valence-corrected chi connectivity index (χ1v) is 8.22. The molecule has 2 aromatic carbocycles. The van der Waals surface area contributed by atoms with Crippen molar-refractivity contribution < 1.29 is 18.4 Å². The molecule has 0 spiro atoms. The molecule has 0 aliphatic rings. The van der Waals surface area contributed by atoms with E-state index in [1.807, 2.05) is 0 Å². The lowest BCUT2D eigenvalue weighted by molar-refractivity contribution is 0.102. The molecule has 2 aromatic rings. The van der Waals surface area contributed by atoms with Gasteiger partial charge in [-0.1, -0.05) is 6.07 Å². The van der Waals surface area contributed by atoms with Crippen LogP contribution in [0.3, 0.4) is 0 Å². The van der Waals surface area contributed by atoms with Gasteiger partial charge in [0.2, 0.25) is 0 Å². The molecule has 5 N–H and O–H groups in total. The number of benzene rings is 2. The van der Waals surface area contributed by atoms with Crippen LogP contribution in [0.2, 0.25) is 0 Å². The number of nitrogen functional groups attached to an aromatic ring is 2. The van der Waals surface area contributed by atoms with Gasteiger partial charge in [0.25, 0.3) is 5.91 Å². The summed E-state index contributed by atoms with van der Waals surface area (Å²) in [6, 6.07) is 11.0. The molecule has 0 radical (unpaired) electrons. The summed E-state index contributed by atoms with van der Waals surface area (Å²) in [5, 5.41) is 3.03. The van der Waals surface area contributed by atoms with Gasteiger partial charge in [-0.2, -0.15) is 0 Å². The van der Waals surface area contributed by atoms with Crippen molar-refractivity contribution in [2.45, 2.75) is 0 Å². The number of anilines is 3. The largest absolute Gasteiger partial charge is 0.399 e. The van der Waals surface area contributed by atoms with Gasteiger partial charge in [0, 0.05) is 36.8 Å². The minimum absolute atomic E-state index is 0.328. The van der Waals surface area contributed by atoms with Crippen molar-refractivity contribution in [1.29, 1.82) is 0 Å². The lowest BCUT2D eigenvalue weighted by atomic mass is 10.1. The number of hydrogen-bond donors (Lipinski definition) is 3. The monoisotopic (exact) mass is 335 g/mol. The Hall–Kier alpha value is -2.34. The van der Waals surface area contributed by atoms with Crippen LogP contribution in [0.1, 0.15) is 10.4 Å². The molecule has 0 atom stereocenters. The molecule has 0 aliphatic heterocycles. The number of amides is 1. The zero-order valence-electron chi connectivity index (χ0n) is 12.8. The van der Waals surface area contributed by atoms with Crippen molar-refractivity contribution in [3.05, 3.63) is 48.0 Å². The van der Waals surface area contributed by atoms with Crippen molar-refractivity contribution in [2.24, 2.45) is 0 Å². The fraction of sp³-hybridized carbons (Fsp3) is 0.133. The molecule has 0 aromatic heterocycles. The van der Waals surface area contributed by atoms with E-state index in [1.165, 1.54) is 32.4 Å². The molecule has 0 fully saturated rings. The molecule has 0 saturated carbocycles. The van der Waals surface area contributed by atoms with Gasteiger partial charge < -0.3 is 25.8 Å². The van der Waals surface area contributed by atoms with Crippen LogP contribution in [0.4, 0.5) is 17.1 Å². The highest BCUT2D eigenvalue weighted by atomic mass is 31.2. The third-order valence-corrected chi connectivity index (χ3v) is 5.01. The summed E-state index contributed by atoms with van der Waals surface area (Å²) in [5.74, 6) is -0.384. The van der Waals surface area contributed by atoms with Gasteiger partial charge in [0.15, 0.2) is 0 Å². The van der Waals surface area contributed by atoms with Gasteiger partial charge in [-0.05, 0) is 36.4 Å². The van der Waals surface area contributed by atoms with Crippen LogP contribution in [0.15, 0.2) is 42.5 Å². The highest BCUT2D eigenvalue weighted by Crippen LogP contribution is 2.45. The zero-order chi connectivity index (χ0) is 17.0. The summed E-state index contributed by atoms with van der Waals surface area (Å²) < 4.78 is 22.2. The first kappa shape index (κ1) is 17.0. The Morgan fingerprint density at radius 1 is 1.04 bits per heavy atom. The third-order valence-electron chi connectivity index (χ3n) is 3.14. The van der Waals surface area contributed by atoms with Crippen LogP contribution < -0.4 is 22.1 Å². The van der Waals surface area contributed by atoms with Crippen LogP contribution in [0.25, 0.3) is 0 Å². The number of hydrogen-bond acceptors (Lipinski definition) is 6. The van der Waals surface area contributed by atoms with Crippen LogP contribution in [-0.2, 0) is 13.6 Å². The van der Waals surface area contributed by atoms with E-state index in [4.69, 9.17) is 20.5 Å². The summed E-state index contributed by atoms with van der Waals surface area (Å²) in [4.78, 5) is 12.3. The summed E-state index contributed by atoms with van der Waals surface area (Å²) in [5.41, 5.74) is 12.9. The number of carbonyl (C=O) groups is 1. The fourth-order valence-corrected chi connectivity index (χ4v) is 3.19. The summed E-state index contributed by atoms with van der Waals surface area (Å²) in [6.45, 7) is 0. The lowest BCUT2D eigenvalue weighted by Crippen LogP contribution is -2.15. The first-order valence-electron chi connectivity index (χ1n) is 6.67. The molecular weight excluding hydrogens is 317 g/mol. The third kappa shape index (κ3) is 3.90. The first-order chi connectivity index (χ1) is 10.9. The summed E-state index contributed by atoms with van der Waals surface area (Å²) in [6.07, 6.45) is 0. The predicted octanol–water partition coefficient (Wildman–Crippen LogP) is 2.21. The van der Waals surface area contributed by atoms with E-state index >= 15 is 0 Å². The average molecular weight is 335 g/mol. The Kier molecular flexibility index (Phi) is 5.05. The fourth-order valence-electron chi connectivity index (χ4n) is 2.05. The highest BCUT2D eigenvalue weighted by Gasteiger charge is 2.24. The van der Waals surface area contributed by atoms with Crippen LogP contribution in [0, 0.1) is 0 Å². The van der Waals surface area contributed by atoms with Crippen molar-refractivity contribution in [1.82, 2.24) is 0 Å². The van der Waals surface area contributed by atoms with E-state index in [0.717, 1.165) is 0 Å². The second-order valence-corrected chi connectivity index (χ2v) is 7.00. The zero-order valence-corrected chi connectivity index (χ0v) is 13.7. The van der Waals surface area contributed by atoms with E-state index in [1.54, 1.807) is 24.3 Å². The Labute approximate surface area is 134 Å². The van der Waals surface area contributed by atoms with Gasteiger partial charge in [-0.25, -0.2) is 0 Å². The topological polar surface area (TPSA) is 117 Å². The predicted molar refractivity (Wildman–Crippen MR) is 90.9 cm³/mol. The second-order valence-electron chi connectivity index (χ2n) is 4.76. The molecule has 1 amide bonds. The molecule has 0 heterocycles. The molecule has 7 nitrogen and oxygen atoms in total. The Bertz CT molecular complexity index is 751. The minimum Gasteiger partial charge on any atom is -0.399 e. The second kappa shape index (κ2) is 6.83. The van der Waals surface area contributed by atoms with Crippen LogP contribution in [0.5, 0.6) is 0 Å².